The van der Waals surface area contributed by atoms with E-state index in [9.17, 15) is 9.59 Å². The lowest BCUT2D eigenvalue weighted by molar-refractivity contribution is -0.141. The van der Waals surface area contributed by atoms with Crippen molar-refractivity contribution in [3.63, 3.8) is 0 Å². The molecule has 0 fully saturated rings. The van der Waals surface area contributed by atoms with Crippen LogP contribution in [-0.4, -0.2) is 24.8 Å². The van der Waals surface area contributed by atoms with Crippen molar-refractivity contribution in [2.45, 2.75) is 38.8 Å². The number of alkyl carbamates (subject to hydrolysis) is 1. The number of amides is 1. The summed E-state index contributed by atoms with van der Waals surface area (Å²) in [5.41, 5.74) is 2.24. The van der Waals surface area contributed by atoms with E-state index in [1.54, 1.807) is 11.3 Å². The van der Waals surface area contributed by atoms with Gasteiger partial charge in [-0.25, -0.2) is 4.79 Å². The number of methoxy groups -OCH3 is 1. The van der Waals surface area contributed by atoms with Crippen LogP contribution in [0.25, 0.3) is 10.4 Å². The SMILES string of the molecule is COC(=O)C(c1ccccc1)c1cccc(-c2ccc(CNC(=O)OC(C)(C)C)s2)c1. The molecule has 0 saturated carbocycles. The average molecular weight is 438 g/mol. The van der Waals surface area contributed by atoms with Crippen LogP contribution in [0.2, 0.25) is 0 Å². The van der Waals surface area contributed by atoms with E-state index in [2.05, 4.69) is 5.32 Å². The first-order chi connectivity index (χ1) is 14.8. The Bertz CT molecular complexity index is 1040. The zero-order chi connectivity index (χ0) is 22.4. The molecule has 31 heavy (non-hydrogen) atoms. The molecule has 5 nitrogen and oxygen atoms in total. The molecule has 1 atom stereocenters. The number of esters is 1. The van der Waals surface area contributed by atoms with Crippen LogP contribution in [0.4, 0.5) is 4.79 Å². The number of hydrogen-bond donors (Lipinski definition) is 1. The first kappa shape index (κ1) is 22.6. The van der Waals surface area contributed by atoms with E-state index in [4.69, 9.17) is 9.47 Å². The van der Waals surface area contributed by atoms with Crippen LogP contribution in [0.3, 0.4) is 0 Å². The smallest absolute Gasteiger partial charge is 0.407 e. The molecule has 1 unspecified atom stereocenters. The molecule has 3 aromatic rings. The summed E-state index contributed by atoms with van der Waals surface area (Å²) in [6.07, 6.45) is -0.437. The van der Waals surface area contributed by atoms with Crippen molar-refractivity contribution in [2.75, 3.05) is 7.11 Å². The lowest BCUT2D eigenvalue weighted by Crippen LogP contribution is -2.31. The minimum Gasteiger partial charge on any atom is -0.468 e. The van der Waals surface area contributed by atoms with E-state index < -0.39 is 17.6 Å². The Morgan fingerprint density at radius 1 is 0.968 bits per heavy atom. The topological polar surface area (TPSA) is 64.6 Å². The summed E-state index contributed by atoms with van der Waals surface area (Å²) < 4.78 is 10.4. The molecule has 1 aromatic heterocycles. The van der Waals surface area contributed by atoms with Gasteiger partial charge in [0.1, 0.15) is 11.5 Å². The Hall–Kier alpha value is -3.12. The van der Waals surface area contributed by atoms with Gasteiger partial charge in [0.25, 0.3) is 0 Å². The molecule has 0 saturated heterocycles. The minimum absolute atomic E-state index is 0.295. The number of carbonyl (C=O) groups is 2. The zero-order valence-electron chi connectivity index (χ0n) is 18.2. The van der Waals surface area contributed by atoms with E-state index in [0.29, 0.717) is 6.54 Å². The highest BCUT2D eigenvalue weighted by Crippen LogP contribution is 2.33. The number of carbonyl (C=O) groups excluding carboxylic acids is 2. The van der Waals surface area contributed by atoms with Crippen molar-refractivity contribution in [2.24, 2.45) is 0 Å². The van der Waals surface area contributed by atoms with Crippen LogP contribution in [-0.2, 0) is 20.8 Å². The highest BCUT2D eigenvalue weighted by atomic mass is 32.1. The van der Waals surface area contributed by atoms with Gasteiger partial charge in [-0.1, -0.05) is 48.5 Å². The Balaban J connectivity index is 1.79. The summed E-state index contributed by atoms with van der Waals surface area (Å²) >= 11 is 1.59. The van der Waals surface area contributed by atoms with E-state index >= 15 is 0 Å². The predicted octanol–water partition coefficient (Wildman–Crippen LogP) is 5.74. The summed E-state index contributed by atoms with van der Waals surface area (Å²) in [7, 11) is 1.41. The Morgan fingerprint density at radius 2 is 1.68 bits per heavy atom. The van der Waals surface area contributed by atoms with Gasteiger partial charge in [0.15, 0.2) is 0 Å². The summed E-state index contributed by atoms with van der Waals surface area (Å²) in [5.74, 6) is -0.781. The van der Waals surface area contributed by atoms with Gasteiger partial charge in [-0.15, -0.1) is 11.3 Å². The summed E-state index contributed by atoms with van der Waals surface area (Å²) in [6.45, 7) is 5.90. The van der Waals surface area contributed by atoms with Gasteiger partial charge in [0, 0.05) is 9.75 Å². The number of benzene rings is 2. The second-order valence-corrected chi connectivity index (χ2v) is 9.28. The molecule has 0 aliphatic carbocycles. The molecule has 1 N–H and O–H groups in total. The van der Waals surface area contributed by atoms with Crippen LogP contribution in [0, 0.1) is 0 Å². The van der Waals surface area contributed by atoms with Crippen LogP contribution < -0.4 is 5.32 Å². The highest BCUT2D eigenvalue weighted by Gasteiger charge is 2.24. The maximum Gasteiger partial charge on any atom is 0.407 e. The van der Waals surface area contributed by atoms with Crippen LogP contribution in [0.5, 0.6) is 0 Å². The molecule has 0 aliphatic heterocycles. The number of ether oxygens (including phenoxy) is 2. The van der Waals surface area contributed by atoms with Crippen molar-refractivity contribution in [3.8, 4) is 10.4 Å². The van der Waals surface area contributed by atoms with Crippen molar-refractivity contribution < 1.29 is 19.1 Å². The zero-order valence-corrected chi connectivity index (χ0v) is 19.0. The fourth-order valence-electron chi connectivity index (χ4n) is 3.20. The quantitative estimate of drug-likeness (QED) is 0.499. The lowest BCUT2D eigenvalue weighted by atomic mass is 9.90. The summed E-state index contributed by atoms with van der Waals surface area (Å²) in [5, 5.41) is 2.78. The van der Waals surface area contributed by atoms with Gasteiger partial charge in [0.05, 0.1) is 13.7 Å². The van der Waals surface area contributed by atoms with Crippen molar-refractivity contribution >= 4 is 23.4 Å². The molecule has 1 amide bonds. The maximum atomic E-state index is 12.5. The first-order valence-electron chi connectivity index (χ1n) is 10.1. The fraction of sp³-hybridized carbons (Fsp3) is 0.280. The monoisotopic (exact) mass is 437 g/mol. The highest BCUT2D eigenvalue weighted by molar-refractivity contribution is 7.15. The summed E-state index contributed by atoms with van der Waals surface area (Å²) in [4.78, 5) is 26.5. The Labute approximate surface area is 187 Å². The van der Waals surface area contributed by atoms with Gasteiger partial charge < -0.3 is 14.8 Å². The van der Waals surface area contributed by atoms with E-state index in [0.717, 1.165) is 26.4 Å². The van der Waals surface area contributed by atoms with Gasteiger partial charge in [0.2, 0.25) is 0 Å². The molecule has 6 heteroatoms. The number of nitrogens with one attached hydrogen (secondary N) is 1. The molecule has 1 heterocycles. The number of rotatable bonds is 6. The van der Waals surface area contributed by atoms with Crippen LogP contribution in [0.15, 0.2) is 66.7 Å². The average Bonchev–Trinajstić information content (AvgIpc) is 3.21. The third-order valence-electron chi connectivity index (χ3n) is 4.54. The molecule has 0 spiro atoms. The van der Waals surface area contributed by atoms with Crippen molar-refractivity contribution in [3.05, 3.63) is 82.7 Å². The Morgan fingerprint density at radius 3 is 2.35 bits per heavy atom. The normalized spacial score (nSPS) is 12.1. The predicted molar refractivity (Wildman–Crippen MR) is 123 cm³/mol. The third kappa shape index (κ3) is 6.18. The maximum absolute atomic E-state index is 12.5. The molecule has 0 aliphatic rings. The molecule has 0 bridgehead atoms. The van der Waals surface area contributed by atoms with Gasteiger partial charge in [-0.05, 0) is 55.7 Å². The van der Waals surface area contributed by atoms with Gasteiger partial charge in [-0.3, -0.25) is 4.79 Å². The van der Waals surface area contributed by atoms with Crippen LogP contribution >= 0.6 is 11.3 Å². The number of hydrogen-bond acceptors (Lipinski definition) is 5. The molecule has 0 radical (unpaired) electrons. The van der Waals surface area contributed by atoms with Crippen molar-refractivity contribution in [1.29, 1.82) is 0 Å². The van der Waals surface area contributed by atoms with E-state index in [-0.39, 0.29) is 5.97 Å². The summed E-state index contributed by atoms with van der Waals surface area (Å²) in [6, 6.07) is 21.5. The van der Waals surface area contributed by atoms with Crippen molar-refractivity contribution in [1.82, 2.24) is 5.32 Å². The minimum atomic E-state index is -0.528. The van der Waals surface area contributed by atoms with Crippen LogP contribution in [0.1, 0.15) is 42.7 Å². The molecule has 2 aromatic carbocycles. The van der Waals surface area contributed by atoms with Gasteiger partial charge >= 0.3 is 12.1 Å². The van der Waals surface area contributed by atoms with E-state index in [1.165, 1.54) is 7.11 Å². The number of thiophene rings is 1. The molecular formula is C25H27NO4S. The second-order valence-electron chi connectivity index (χ2n) is 8.11. The first-order valence-corrected chi connectivity index (χ1v) is 10.9. The van der Waals surface area contributed by atoms with Gasteiger partial charge in [-0.2, -0.15) is 0 Å². The van der Waals surface area contributed by atoms with E-state index in [1.807, 2.05) is 87.5 Å². The third-order valence-corrected chi connectivity index (χ3v) is 5.68. The molecule has 162 valence electrons. The molecular weight excluding hydrogens is 410 g/mol. The Kier molecular flexibility index (Phi) is 7.13. The largest absolute Gasteiger partial charge is 0.468 e. The second kappa shape index (κ2) is 9.79. The standard InChI is InChI=1S/C25H27NO4S/c1-25(2,3)30-24(28)26-16-20-13-14-21(31-20)18-11-8-12-19(15-18)22(23(27)29-4)17-9-6-5-7-10-17/h5-15,22H,16H2,1-4H3,(H,26,28). The lowest BCUT2D eigenvalue weighted by Gasteiger charge is -2.19. The molecule has 3 rings (SSSR count). The fourth-order valence-corrected chi connectivity index (χ4v) is 4.14.